The molecular formula is C16H24N2S. The van der Waals surface area contributed by atoms with Crippen LogP contribution in [0, 0.1) is 0 Å². The zero-order chi connectivity index (χ0) is 13.7. The smallest absolute Gasteiger partial charge is 0.173 e. The second-order valence-electron chi connectivity index (χ2n) is 5.34. The Morgan fingerprint density at radius 3 is 2.63 bits per heavy atom. The van der Waals surface area contributed by atoms with Crippen LogP contribution in [0.2, 0.25) is 0 Å². The fourth-order valence-corrected chi connectivity index (χ4v) is 3.05. The zero-order valence-corrected chi connectivity index (χ0v) is 12.8. The molecule has 19 heavy (non-hydrogen) atoms. The van der Waals surface area contributed by atoms with Crippen molar-refractivity contribution in [1.82, 2.24) is 4.90 Å². The lowest BCUT2D eigenvalue weighted by molar-refractivity contribution is 0.281. The highest BCUT2D eigenvalue weighted by atomic mass is 32.1. The molecule has 1 N–H and O–H groups in total. The molecule has 0 aromatic heterocycles. The van der Waals surface area contributed by atoms with Gasteiger partial charge in [0.25, 0.3) is 0 Å². The minimum Gasteiger partial charge on any atom is -0.349 e. The van der Waals surface area contributed by atoms with E-state index < -0.39 is 0 Å². The Balaban J connectivity index is 1.99. The van der Waals surface area contributed by atoms with Gasteiger partial charge in [-0.1, -0.05) is 44.4 Å². The molecule has 0 aliphatic heterocycles. The van der Waals surface area contributed by atoms with Crippen LogP contribution in [0.1, 0.15) is 44.6 Å². The number of nitrogens with one attached hydrogen (secondary N) is 1. The summed E-state index contributed by atoms with van der Waals surface area (Å²) in [5, 5.41) is 4.27. The van der Waals surface area contributed by atoms with Crippen LogP contribution in [-0.2, 0) is 6.42 Å². The quantitative estimate of drug-likeness (QED) is 0.833. The minimum atomic E-state index is 0.613. The predicted molar refractivity (Wildman–Crippen MR) is 86.7 cm³/mol. The third kappa shape index (κ3) is 3.69. The molecule has 0 unspecified atom stereocenters. The third-order valence-corrected chi connectivity index (χ3v) is 4.47. The first-order valence-electron chi connectivity index (χ1n) is 7.34. The van der Waals surface area contributed by atoms with E-state index in [4.69, 9.17) is 12.2 Å². The van der Waals surface area contributed by atoms with Gasteiger partial charge in [0, 0.05) is 18.8 Å². The summed E-state index contributed by atoms with van der Waals surface area (Å²) in [7, 11) is 2.12. The standard InChI is InChI=1S/C16H24N2S/c1-3-13-9-7-8-12-15(13)17-16(19)18(2)14-10-5-4-6-11-14/h7-9,12,14H,3-6,10-11H2,1-2H3,(H,17,19). The van der Waals surface area contributed by atoms with Gasteiger partial charge in [-0.05, 0) is 43.1 Å². The largest absolute Gasteiger partial charge is 0.349 e. The van der Waals surface area contributed by atoms with Gasteiger partial charge in [-0.3, -0.25) is 0 Å². The van der Waals surface area contributed by atoms with Crippen molar-refractivity contribution in [1.29, 1.82) is 0 Å². The van der Waals surface area contributed by atoms with Gasteiger partial charge in [0.2, 0.25) is 0 Å². The molecular weight excluding hydrogens is 252 g/mol. The number of rotatable bonds is 3. The Morgan fingerprint density at radius 2 is 1.95 bits per heavy atom. The highest BCUT2D eigenvalue weighted by Gasteiger charge is 2.20. The minimum absolute atomic E-state index is 0.613. The first kappa shape index (κ1) is 14.3. The summed E-state index contributed by atoms with van der Waals surface area (Å²) in [6, 6.07) is 9.02. The normalized spacial score (nSPS) is 16.1. The maximum atomic E-state index is 5.56. The van der Waals surface area contributed by atoms with E-state index in [0.29, 0.717) is 6.04 Å². The van der Waals surface area contributed by atoms with Gasteiger partial charge >= 0.3 is 0 Å². The van der Waals surface area contributed by atoms with E-state index in [1.807, 2.05) is 0 Å². The number of aryl methyl sites for hydroxylation is 1. The Labute approximate surface area is 122 Å². The van der Waals surface area contributed by atoms with E-state index in [1.54, 1.807) is 0 Å². The van der Waals surface area contributed by atoms with Crippen LogP contribution < -0.4 is 5.32 Å². The summed E-state index contributed by atoms with van der Waals surface area (Å²) in [5.41, 5.74) is 2.47. The molecule has 1 aliphatic carbocycles. The number of hydrogen-bond donors (Lipinski definition) is 1. The van der Waals surface area contributed by atoms with E-state index in [-0.39, 0.29) is 0 Å². The van der Waals surface area contributed by atoms with Crippen molar-refractivity contribution in [2.24, 2.45) is 0 Å². The topological polar surface area (TPSA) is 15.3 Å². The van der Waals surface area contributed by atoms with Crippen LogP contribution in [0.15, 0.2) is 24.3 Å². The molecule has 104 valence electrons. The molecule has 0 saturated heterocycles. The molecule has 1 aromatic carbocycles. The molecule has 1 aromatic rings. The lowest BCUT2D eigenvalue weighted by Crippen LogP contribution is -2.40. The van der Waals surface area contributed by atoms with Crippen molar-refractivity contribution >= 4 is 23.0 Å². The summed E-state index contributed by atoms with van der Waals surface area (Å²) < 4.78 is 0. The fourth-order valence-electron chi connectivity index (χ4n) is 2.79. The second kappa shape index (κ2) is 6.90. The van der Waals surface area contributed by atoms with Crippen molar-refractivity contribution in [3.8, 4) is 0 Å². The Bertz CT molecular complexity index is 425. The van der Waals surface area contributed by atoms with Crippen molar-refractivity contribution in [3.63, 3.8) is 0 Å². The van der Waals surface area contributed by atoms with Gasteiger partial charge in [0.1, 0.15) is 0 Å². The molecule has 2 nitrogen and oxygen atoms in total. The lowest BCUT2D eigenvalue weighted by Gasteiger charge is -2.33. The van der Waals surface area contributed by atoms with Crippen LogP contribution in [-0.4, -0.2) is 23.1 Å². The molecule has 0 bridgehead atoms. The average Bonchev–Trinajstić information content (AvgIpc) is 2.48. The molecule has 0 atom stereocenters. The summed E-state index contributed by atoms with van der Waals surface area (Å²) in [4.78, 5) is 2.25. The molecule has 0 spiro atoms. The van der Waals surface area contributed by atoms with E-state index in [2.05, 4.69) is 48.5 Å². The van der Waals surface area contributed by atoms with E-state index in [1.165, 1.54) is 37.7 Å². The van der Waals surface area contributed by atoms with Crippen LogP contribution >= 0.6 is 12.2 Å². The molecule has 1 saturated carbocycles. The number of hydrogen-bond acceptors (Lipinski definition) is 1. The van der Waals surface area contributed by atoms with E-state index >= 15 is 0 Å². The summed E-state index contributed by atoms with van der Waals surface area (Å²) in [6.07, 6.45) is 7.62. The molecule has 0 radical (unpaired) electrons. The van der Waals surface area contributed by atoms with Gasteiger partial charge in [-0.25, -0.2) is 0 Å². The Morgan fingerprint density at radius 1 is 1.26 bits per heavy atom. The van der Waals surface area contributed by atoms with Gasteiger partial charge in [-0.15, -0.1) is 0 Å². The summed E-state index contributed by atoms with van der Waals surface area (Å²) in [6.45, 7) is 2.18. The van der Waals surface area contributed by atoms with Gasteiger partial charge in [-0.2, -0.15) is 0 Å². The lowest BCUT2D eigenvalue weighted by atomic mass is 9.95. The van der Waals surface area contributed by atoms with Crippen LogP contribution in [0.5, 0.6) is 0 Å². The number of thiocarbonyl (C=S) groups is 1. The van der Waals surface area contributed by atoms with Crippen molar-refractivity contribution < 1.29 is 0 Å². The number of para-hydroxylation sites is 1. The highest BCUT2D eigenvalue weighted by Crippen LogP contribution is 2.23. The maximum Gasteiger partial charge on any atom is 0.173 e. The van der Waals surface area contributed by atoms with Crippen molar-refractivity contribution in [2.75, 3.05) is 12.4 Å². The summed E-state index contributed by atoms with van der Waals surface area (Å²) in [5.74, 6) is 0. The molecule has 2 rings (SSSR count). The van der Waals surface area contributed by atoms with Crippen LogP contribution in [0.25, 0.3) is 0 Å². The number of nitrogens with zero attached hydrogens (tertiary/aromatic N) is 1. The second-order valence-corrected chi connectivity index (χ2v) is 5.73. The van der Waals surface area contributed by atoms with Crippen LogP contribution in [0.3, 0.4) is 0 Å². The Hall–Kier alpha value is -1.09. The third-order valence-electron chi connectivity index (χ3n) is 4.08. The number of benzene rings is 1. The van der Waals surface area contributed by atoms with E-state index in [9.17, 15) is 0 Å². The van der Waals surface area contributed by atoms with Gasteiger partial charge in [0.15, 0.2) is 5.11 Å². The van der Waals surface area contributed by atoms with Crippen molar-refractivity contribution in [3.05, 3.63) is 29.8 Å². The van der Waals surface area contributed by atoms with Gasteiger partial charge < -0.3 is 10.2 Å². The average molecular weight is 276 g/mol. The highest BCUT2D eigenvalue weighted by molar-refractivity contribution is 7.80. The molecule has 1 aliphatic rings. The fraction of sp³-hybridized carbons (Fsp3) is 0.562. The monoisotopic (exact) mass is 276 g/mol. The first-order chi connectivity index (χ1) is 9.22. The maximum absolute atomic E-state index is 5.56. The van der Waals surface area contributed by atoms with Crippen molar-refractivity contribution in [2.45, 2.75) is 51.5 Å². The molecule has 0 heterocycles. The molecule has 0 amide bonds. The van der Waals surface area contributed by atoms with E-state index in [0.717, 1.165) is 17.2 Å². The SMILES string of the molecule is CCc1ccccc1NC(=S)N(C)C1CCCCC1. The zero-order valence-electron chi connectivity index (χ0n) is 12.0. The first-order valence-corrected chi connectivity index (χ1v) is 7.75. The predicted octanol–water partition coefficient (Wildman–Crippen LogP) is 4.21. The van der Waals surface area contributed by atoms with Gasteiger partial charge in [0.05, 0.1) is 0 Å². The molecule has 1 fully saturated rings. The van der Waals surface area contributed by atoms with Crippen LogP contribution in [0.4, 0.5) is 5.69 Å². The summed E-state index contributed by atoms with van der Waals surface area (Å²) >= 11 is 5.56. The Kier molecular flexibility index (Phi) is 5.20. The number of anilines is 1. The molecule has 3 heteroatoms.